The Morgan fingerprint density at radius 3 is 1.86 bits per heavy atom. The summed E-state index contributed by atoms with van der Waals surface area (Å²) < 4.78 is 5.77. The Morgan fingerprint density at radius 2 is 1.32 bits per heavy atom. The summed E-state index contributed by atoms with van der Waals surface area (Å²) in [5, 5.41) is 16.4. The van der Waals surface area contributed by atoms with Crippen molar-refractivity contribution in [3.8, 4) is 5.75 Å². The van der Waals surface area contributed by atoms with Gasteiger partial charge in [-0.15, -0.1) is 0 Å². The lowest BCUT2D eigenvalue weighted by Gasteiger charge is -2.30. The Labute approximate surface area is 262 Å². The van der Waals surface area contributed by atoms with Gasteiger partial charge in [-0.05, 0) is 55.9 Å². The van der Waals surface area contributed by atoms with E-state index in [0.717, 1.165) is 29.0 Å². The van der Waals surface area contributed by atoms with E-state index in [1.165, 1.54) is 70.3 Å². The van der Waals surface area contributed by atoms with Crippen LogP contribution in [0.15, 0.2) is 96.7 Å². The normalized spacial score (nSPS) is 16.7. The summed E-state index contributed by atoms with van der Waals surface area (Å²) in [6, 6.07) is 27.0. The van der Waals surface area contributed by atoms with Gasteiger partial charge in [0, 0.05) is 35.8 Å². The van der Waals surface area contributed by atoms with Gasteiger partial charge in [-0.25, -0.2) is 4.79 Å². The first-order valence-electron chi connectivity index (χ1n) is 16.2. The second-order valence-corrected chi connectivity index (χ2v) is 12.1. The zero-order valence-electron chi connectivity index (χ0n) is 26.0. The molecular weight excluding hydrogens is 548 g/mol. The van der Waals surface area contributed by atoms with Gasteiger partial charge in [0.25, 0.3) is 0 Å². The zero-order chi connectivity index (χ0) is 31.0. The van der Waals surface area contributed by atoms with Crippen LogP contribution in [0.3, 0.4) is 0 Å². The number of allylic oxidation sites excluding steroid dienone is 2. The van der Waals surface area contributed by atoms with Gasteiger partial charge in [0.15, 0.2) is 5.78 Å². The molecule has 3 N–H and O–H groups in total. The summed E-state index contributed by atoms with van der Waals surface area (Å²) in [5.41, 5.74) is 2.99. The maximum Gasteiger partial charge on any atom is 0.326 e. The fraction of sp³-hybridized carbons (Fsp3) is 0.421. The molecule has 1 atom stereocenters. The van der Waals surface area contributed by atoms with Gasteiger partial charge >= 0.3 is 5.97 Å². The van der Waals surface area contributed by atoms with Crippen molar-refractivity contribution >= 4 is 11.8 Å². The van der Waals surface area contributed by atoms with Crippen LogP contribution in [0.4, 0.5) is 0 Å². The third-order valence-corrected chi connectivity index (χ3v) is 8.40. The van der Waals surface area contributed by atoms with Crippen LogP contribution in [0, 0.1) is 0 Å². The number of ether oxygens (including phenoxy) is 1. The molecule has 0 spiro atoms. The van der Waals surface area contributed by atoms with E-state index in [2.05, 4.69) is 10.6 Å². The quantitative estimate of drug-likeness (QED) is 0.146. The molecule has 6 heteroatoms. The molecule has 234 valence electrons. The minimum Gasteiger partial charge on any atom is -0.489 e. The van der Waals surface area contributed by atoms with Crippen molar-refractivity contribution in [2.75, 3.05) is 0 Å². The van der Waals surface area contributed by atoms with Crippen LogP contribution in [0.25, 0.3) is 0 Å². The molecule has 0 aliphatic heterocycles. The van der Waals surface area contributed by atoms with Crippen molar-refractivity contribution in [1.82, 2.24) is 10.6 Å². The highest BCUT2D eigenvalue weighted by Gasteiger charge is 2.20. The molecule has 0 aromatic heterocycles. The summed E-state index contributed by atoms with van der Waals surface area (Å²) in [7, 11) is 0. The second-order valence-electron chi connectivity index (χ2n) is 12.1. The topological polar surface area (TPSA) is 87.7 Å². The van der Waals surface area contributed by atoms with Crippen molar-refractivity contribution in [3.05, 3.63) is 113 Å². The maximum atomic E-state index is 12.3. The Bertz CT molecular complexity index is 1280. The highest BCUT2D eigenvalue weighted by Crippen LogP contribution is 2.22. The first kappa shape index (κ1) is 33.0. The van der Waals surface area contributed by atoms with E-state index in [9.17, 15) is 14.7 Å². The van der Waals surface area contributed by atoms with Gasteiger partial charge in [0.2, 0.25) is 0 Å². The van der Waals surface area contributed by atoms with Crippen LogP contribution < -0.4 is 15.4 Å². The van der Waals surface area contributed by atoms with Crippen molar-refractivity contribution < 1.29 is 19.4 Å². The molecule has 0 saturated heterocycles. The molecule has 0 amide bonds. The Morgan fingerprint density at radius 1 is 0.773 bits per heavy atom. The third kappa shape index (κ3) is 11.6. The number of rotatable bonds is 12. The number of carboxylic acids is 1. The maximum absolute atomic E-state index is 12.3. The predicted molar refractivity (Wildman–Crippen MR) is 177 cm³/mol. The zero-order valence-corrected chi connectivity index (χ0v) is 26.0. The van der Waals surface area contributed by atoms with Crippen molar-refractivity contribution in [2.45, 2.75) is 102 Å². The Kier molecular flexibility index (Phi) is 13.5. The van der Waals surface area contributed by atoms with E-state index in [4.69, 9.17) is 4.74 Å². The number of aliphatic carboxylic acids is 1. The number of hydrogen-bond donors (Lipinski definition) is 3. The average Bonchev–Trinajstić information content (AvgIpc) is 3.06. The van der Waals surface area contributed by atoms with Crippen molar-refractivity contribution in [1.29, 1.82) is 0 Å². The highest BCUT2D eigenvalue weighted by molar-refractivity contribution is 6.04. The molecule has 2 saturated carbocycles. The number of carbonyl (C=O) groups is 2. The second kappa shape index (κ2) is 18.0. The number of carboxylic acid groups (broad SMARTS) is 1. The molecule has 0 unspecified atom stereocenters. The van der Waals surface area contributed by atoms with Gasteiger partial charge < -0.3 is 20.5 Å². The number of nitrogens with one attached hydrogen (secondary N) is 2. The smallest absolute Gasteiger partial charge is 0.326 e. The van der Waals surface area contributed by atoms with Crippen LogP contribution >= 0.6 is 0 Å². The molecular formula is C38H48N2O4. The van der Waals surface area contributed by atoms with E-state index in [-0.39, 0.29) is 12.2 Å². The fourth-order valence-corrected chi connectivity index (χ4v) is 5.97. The molecule has 0 heterocycles. The average molecular weight is 597 g/mol. The summed E-state index contributed by atoms with van der Waals surface area (Å²) >= 11 is 0. The molecule has 5 rings (SSSR count). The minimum absolute atomic E-state index is 0.172. The first-order chi connectivity index (χ1) is 21.5. The first-order valence-corrected chi connectivity index (χ1v) is 16.2. The minimum atomic E-state index is -0.982. The molecule has 3 aromatic carbocycles. The molecule has 44 heavy (non-hydrogen) atoms. The van der Waals surface area contributed by atoms with E-state index in [0.29, 0.717) is 17.9 Å². The highest BCUT2D eigenvalue weighted by atomic mass is 16.5. The summed E-state index contributed by atoms with van der Waals surface area (Å²) in [6.45, 7) is 2.16. The van der Waals surface area contributed by atoms with Crippen LogP contribution in [0.2, 0.25) is 0 Å². The van der Waals surface area contributed by atoms with Crippen molar-refractivity contribution in [3.63, 3.8) is 0 Å². The number of hydrogen-bond acceptors (Lipinski definition) is 5. The largest absolute Gasteiger partial charge is 0.489 e. The number of ketones is 1. The Balaban J connectivity index is 0.000000281. The SMILES string of the molecule is C1CCC(NC2CCCCC2)CC1.CC(=CC(=O)c1ccccc1)N[C@@H](Cc1ccc(OCc2ccccc2)cc1)C(=O)O. The molecule has 0 radical (unpaired) electrons. The predicted octanol–water partition coefficient (Wildman–Crippen LogP) is 7.88. The van der Waals surface area contributed by atoms with Gasteiger partial charge in [-0.1, -0.05) is 111 Å². The van der Waals surface area contributed by atoms with Gasteiger partial charge in [0.05, 0.1) is 0 Å². The van der Waals surface area contributed by atoms with Crippen LogP contribution in [0.1, 0.15) is 92.6 Å². The molecule has 6 nitrogen and oxygen atoms in total. The van der Waals surface area contributed by atoms with Crippen LogP contribution in [0.5, 0.6) is 5.75 Å². The third-order valence-electron chi connectivity index (χ3n) is 8.40. The standard InChI is InChI=1S/C26H25NO4.C12H23N/c1-19(16-25(28)22-10-6-3-7-11-22)27-24(26(29)30)17-20-12-14-23(15-13-20)31-18-21-8-4-2-5-9-21;1-3-7-11(8-4-1)13-12-9-5-2-6-10-12/h2-16,24,27H,17-18H2,1H3,(H,29,30);11-13H,1-10H2/t24-;/m0./s1. The van der Waals surface area contributed by atoms with E-state index in [1.807, 2.05) is 60.7 Å². The van der Waals surface area contributed by atoms with Gasteiger partial charge in [-0.3, -0.25) is 4.79 Å². The van der Waals surface area contributed by atoms with Gasteiger partial charge in [0.1, 0.15) is 18.4 Å². The summed E-state index contributed by atoms with van der Waals surface area (Å²) in [6.07, 6.45) is 16.3. The number of benzene rings is 3. The molecule has 3 aromatic rings. The summed E-state index contributed by atoms with van der Waals surface area (Å²) in [5.74, 6) is -0.434. The lowest BCUT2D eigenvalue weighted by molar-refractivity contribution is -0.139. The van der Waals surface area contributed by atoms with E-state index >= 15 is 0 Å². The Hall–Kier alpha value is -3.90. The summed E-state index contributed by atoms with van der Waals surface area (Å²) in [4.78, 5) is 24.0. The van der Waals surface area contributed by atoms with E-state index in [1.54, 1.807) is 31.2 Å². The number of carbonyl (C=O) groups excluding carboxylic acids is 1. The van der Waals surface area contributed by atoms with E-state index < -0.39 is 12.0 Å². The molecule has 2 aliphatic carbocycles. The molecule has 2 fully saturated rings. The van der Waals surface area contributed by atoms with Crippen LogP contribution in [-0.4, -0.2) is 35.0 Å². The molecule has 2 aliphatic rings. The van der Waals surface area contributed by atoms with Gasteiger partial charge in [-0.2, -0.15) is 0 Å². The lowest BCUT2D eigenvalue weighted by Crippen LogP contribution is -2.40. The lowest BCUT2D eigenvalue weighted by atomic mass is 9.91. The van der Waals surface area contributed by atoms with Crippen molar-refractivity contribution in [2.24, 2.45) is 0 Å². The van der Waals surface area contributed by atoms with Crippen LogP contribution in [-0.2, 0) is 17.8 Å². The fourth-order valence-electron chi connectivity index (χ4n) is 5.97. The molecule has 0 bridgehead atoms. The monoisotopic (exact) mass is 596 g/mol.